The van der Waals surface area contributed by atoms with Gasteiger partial charge in [-0.1, -0.05) is 69.4 Å². The van der Waals surface area contributed by atoms with Crippen LogP contribution < -0.4 is 11.1 Å². The number of carbonyl (C=O) groups is 1. The van der Waals surface area contributed by atoms with E-state index in [2.05, 4.69) is 12.2 Å². The first-order chi connectivity index (χ1) is 9.77. The van der Waals surface area contributed by atoms with Crippen LogP contribution in [-0.4, -0.2) is 12.5 Å². The summed E-state index contributed by atoms with van der Waals surface area (Å²) >= 11 is 0. The molecule has 0 saturated heterocycles. The van der Waals surface area contributed by atoms with Crippen molar-refractivity contribution < 1.29 is 4.79 Å². The van der Waals surface area contributed by atoms with E-state index in [0.717, 1.165) is 18.4 Å². The number of rotatable bonds is 10. The SMILES string of the molecule is CCCCCCCCC(=O)NC(CN)c1ccccc1. The van der Waals surface area contributed by atoms with Crippen molar-refractivity contribution in [3.05, 3.63) is 35.9 Å². The molecule has 1 aromatic rings. The van der Waals surface area contributed by atoms with Crippen molar-refractivity contribution in [3.8, 4) is 0 Å². The highest BCUT2D eigenvalue weighted by Gasteiger charge is 2.11. The Bertz CT molecular complexity index is 365. The van der Waals surface area contributed by atoms with Crippen molar-refractivity contribution in [2.24, 2.45) is 5.73 Å². The van der Waals surface area contributed by atoms with Crippen LogP contribution in [0.1, 0.15) is 63.5 Å². The maximum atomic E-state index is 11.9. The number of nitrogens with two attached hydrogens (primary N) is 1. The maximum Gasteiger partial charge on any atom is 0.220 e. The maximum absolute atomic E-state index is 11.9. The van der Waals surface area contributed by atoms with Crippen molar-refractivity contribution in [1.82, 2.24) is 5.32 Å². The molecular formula is C17H28N2O. The Labute approximate surface area is 122 Å². The van der Waals surface area contributed by atoms with Gasteiger partial charge < -0.3 is 11.1 Å². The summed E-state index contributed by atoms with van der Waals surface area (Å²) in [7, 11) is 0. The molecule has 1 aromatic carbocycles. The van der Waals surface area contributed by atoms with E-state index in [9.17, 15) is 4.79 Å². The van der Waals surface area contributed by atoms with Crippen molar-refractivity contribution in [3.63, 3.8) is 0 Å². The highest BCUT2D eigenvalue weighted by molar-refractivity contribution is 5.76. The van der Waals surface area contributed by atoms with E-state index in [1.54, 1.807) is 0 Å². The van der Waals surface area contributed by atoms with Crippen LogP contribution >= 0.6 is 0 Å². The number of unbranched alkanes of at least 4 members (excludes halogenated alkanes) is 5. The summed E-state index contributed by atoms with van der Waals surface area (Å²) in [6.45, 7) is 2.65. The van der Waals surface area contributed by atoms with E-state index in [-0.39, 0.29) is 11.9 Å². The molecule has 0 saturated carbocycles. The van der Waals surface area contributed by atoms with Crippen LogP contribution in [0.5, 0.6) is 0 Å². The molecule has 1 unspecified atom stereocenters. The van der Waals surface area contributed by atoms with E-state index in [0.29, 0.717) is 13.0 Å². The lowest BCUT2D eigenvalue weighted by atomic mass is 10.1. The third-order valence-corrected chi connectivity index (χ3v) is 3.53. The third-order valence-electron chi connectivity index (χ3n) is 3.53. The Morgan fingerprint density at radius 1 is 1.10 bits per heavy atom. The fourth-order valence-electron chi connectivity index (χ4n) is 2.30. The second-order valence-corrected chi connectivity index (χ2v) is 5.28. The van der Waals surface area contributed by atoms with E-state index in [1.165, 1.54) is 25.7 Å². The second-order valence-electron chi connectivity index (χ2n) is 5.28. The molecule has 3 heteroatoms. The van der Waals surface area contributed by atoms with Crippen LogP contribution in [0.15, 0.2) is 30.3 Å². The Hall–Kier alpha value is -1.35. The Morgan fingerprint density at radius 3 is 2.40 bits per heavy atom. The summed E-state index contributed by atoms with van der Waals surface area (Å²) in [6, 6.07) is 9.85. The van der Waals surface area contributed by atoms with Gasteiger partial charge in [-0.15, -0.1) is 0 Å². The molecule has 112 valence electrons. The molecule has 0 aliphatic carbocycles. The van der Waals surface area contributed by atoms with Crippen LogP contribution in [0.25, 0.3) is 0 Å². The van der Waals surface area contributed by atoms with Crippen LogP contribution in [0.3, 0.4) is 0 Å². The predicted molar refractivity (Wildman–Crippen MR) is 84.4 cm³/mol. The molecule has 3 N–H and O–H groups in total. The van der Waals surface area contributed by atoms with E-state index in [1.807, 2.05) is 30.3 Å². The quantitative estimate of drug-likeness (QED) is 0.642. The number of hydrogen-bond acceptors (Lipinski definition) is 2. The molecule has 0 fully saturated rings. The van der Waals surface area contributed by atoms with Gasteiger partial charge in [-0.3, -0.25) is 4.79 Å². The summed E-state index contributed by atoms with van der Waals surface area (Å²) in [5.74, 6) is 0.111. The normalized spacial score (nSPS) is 12.1. The zero-order chi connectivity index (χ0) is 14.6. The summed E-state index contributed by atoms with van der Waals surface area (Å²) in [5.41, 5.74) is 6.82. The average Bonchev–Trinajstić information content (AvgIpc) is 2.49. The fraction of sp³-hybridized carbons (Fsp3) is 0.588. The van der Waals surface area contributed by atoms with Gasteiger partial charge in [0, 0.05) is 13.0 Å². The van der Waals surface area contributed by atoms with Gasteiger partial charge in [0.15, 0.2) is 0 Å². The van der Waals surface area contributed by atoms with E-state index < -0.39 is 0 Å². The molecule has 20 heavy (non-hydrogen) atoms. The molecule has 0 aromatic heterocycles. The zero-order valence-electron chi connectivity index (χ0n) is 12.6. The first-order valence-electron chi connectivity index (χ1n) is 7.82. The van der Waals surface area contributed by atoms with Gasteiger partial charge in [-0.25, -0.2) is 0 Å². The van der Waals surface area contributed by atoms with Crippen LogP contribution in [-0.2, 0) is 4.79 Å². The minimum Gasteiger partial charge on any atom is -0.348 e. The standard InChI is InChI=1S/C17H28N2O/c1-2-3-4-5-6-10-13-17(20)19-16(14-18)15-11-8-7-9-12-15/h7-9,11-12,16H,2-6,10,13-14,18H2,1H3,(H,19,20). The largest absolute Gasteiger partial charge is 0.348 e. The van der Waals surface area contributed by atoms with Gasteiger partial charge in [-0.2, -0.15) is 0 Å². The molecule has 0 spiro atoms. The first-order valence-corrected chi connectivity index (χ1v) is 7.82. The van der Waals surface area contributed by atoms with Gasteiger partial charge in [0.1, 0.15) is 0 Å². The molecule has 0 aliphatic heterocycles. The summed E-state index contributed by atoms with van der Waals surface area (Å²) in [4.78, 5) is 11.9. The molecule has 3 nitrogen and oxygen atoms in total. The second kappa shape index (κ2) is 10.4. The van der Waals surface area contributed by atoms with Gasteiger partial charge in [0.25, 0.3) is 0 Å². The molecule has 0 bridgehead atoms. The lowest BCUT2D eigenvalue weighted by molar-refractivity contribution is -0.121. The monoisotopic (exact) mass is 276 g/mol. The highest BCUT2D eigenvalue weighted by atomic mass is 16.1. The third kappa shape index (κ3) is 6.71. The zero-order valence-corrected chi connectivity index (χ0v) is 12.6. The van der Waals surface area contributed by atoms with Crippen LogP contribution in [0.2, 0.25) is 0 Å². The Balaban J connectivity index is 2.23. The smallest absolute Gasteiger partial charge is 0.220 e. The van der Waals surface area contributed by atoms with Gasteiger partial charge in [-0.05, 0) is 12.0 Å². The molecule has 0 heterocycles. The van der Waals surface area contributed by atoms with Crippen molar-refractivity contribution >= 4 is 5.91 Å². The molecule has 1 amide bonds. The first kappa shape index (κ1) is 16.7. The molecule has 1 atom stereocenters. The van der Waals surface area contributed by atoms with Crippen LogP contribution in [0.4, 0.5) is 0 Å². The summed E-state index contributed by atoms with van der Waals surface area (Å²) < 4.78 is 0. The van der Waals surface area contributed by atoms with E-state index >= 15 is 0 Å². The van der Waals surface area contributed by atoms with E-state index in [4.69, 9.17) is 5.73 Å². The molecule has 0 radical (unpaired) electrons. The van der Waals surface area contributed by atoms with Gasteiger partial charge in [0.2, 0.25) is 5.91 Å². The number of amides is 1. The number of benzene rings is 1. The lowest BCUT2D eigenvalue weighted by Gasteiger charge is -2.17. The topological polar surface area (TPSA) is 55.1 Å². The highest BCUT2D eigenvalue weighted by Crippen LogP contribution is 2.12. The van der Waals surface area contributed by atoms with Crippen molar-refractivity contribution in [1.29, 1.82) is 0 Å². The number of carbonyl (C=O) groups excluding carboxylic acids is 1. The number of hydrogen-bond donors (Lipinski definition) is 2. The van der Waals surface area contributed by atoms with Gasteiger partial charge >= 0.3 is 0 Å². The predicted octanol–water partition coefficient (Wildman–Crippen LogP) is 3.55. The number of nitrogens with one attached hydrogen (secondary N) is 1. The average molecular weight is 276 g/mol. The van der Waals surface area contributed by atoms with Crippen molar-refractivity contribution in [2.75, 3.05) is 6.54 Å². The van der Waals surface area contributed by atoms with Crippen molar-refractivity contribution in [2.45, 2.75) is 57.9 Å². The Morgan fingerprint density at radius 2 is 1.75 bits per heavy atom. The minimum absolute atomic E-state index is 0.0659. The molecule has 0 aliphatic rings. The minimum atomic E-state index is -0.0659. The molecule has 1 rings (SSSR count). The summed E-state index contributed by atoms with van der Waals surface area (Å²) in [6.07, 6.45) is 7.81. The lowest BCUT2D eigenvalue weighted by Crippen LogP contribution is -2.33. The fourth-order valence-corrected chi connectivity index (χ4v) is 2.30. The molecular weight excluding hydrogens is 248 g/mol. The Kier molecular flexibility index (Phi) is 8.72. The van der Waals surface area contributed by atoms with Gasteiger partial charge in [0.05, 0.1) is 6.04 Å². The van der Waals surface area contributed by atoms with Crippen LogP contribution in [0, 0.1) is 0 Å². The summed E-state index contributed by atoms with van der Waals surface area (Å²) in [5, 5.41) is 3.02.